The lowest BCUT2D eigenvalue weighted by molar-refractivity contribution is 0.0909. The topological polar surface area (TPSA) is 55.1 Å². The maximum absolute atomic E-state index is 11.8. The van der Waals surface area contributed by atoms with E-state index in [4.69, 9.17) is 4.42 Å². The van der Waals surface area contributed by atoms with Crippen molar-refractivity contribution in [1.82, 2.24) is 10.3 Å². The van der Waals surface area contributed by atoms with Gasteiger partial charge in [-0.1, -0.05) is 20.8 Å². The van der Waals surface area contributed by atoms with Crippen LogP contribution in [0.25, 0.3) is 0 Å². The van der Waals surface area contributed by atoms with Crippen LogP contribution in [-0.4, -0.2) is 16.9 Å². The largest absolute Gasteiger partial charge is 0.438 e. The molecule has 0 aliphatic carbocycles. The summed E-state index contributed by atoms with van der Waals surface area (Å²) < 4.78 is 5.11. The van der Waals surface area contributed by atoms with Crippen molar-refractivity contribution in [3.8, 4) is 0 Å². The third-order valence-electron chi connectivity index (χ3n) is 2.34. The van der Waals surface area contributed by atoms with Gasteiger partial charge in [-0.25, -0.2) is 4.98 Å². The van der Waals surface area contributed by atoms with Crippen LogP contribution in [0.4, 0.5) is 0 Å². The number of rotatable bonds is 4. The molecule has 4 nitrogen and oxygen atoms in total. The fraction of sp³-hybridized carbons (Fsp3) is 0.636. The maximum atomic E-state index is 11.8. The van der Waals surface area contributed by atoms with Crippen LogP contribution in [0.3, 0.4) is 0 Å². The molecule has 0 aromatic carbocycles. The maximum Gasteiger partial charge on any atom is 0.289 e. The van der Waals surface area contributed by atoms with E-state index in [2.05, 4.69) is 10.3 Å². The van der Waals surface area contributed by atoms with Crippen LogP contribution in [0.15, 0.2) is 10.8 Å². The van der Waals surface area contributed by atoms with Crippen LogP contribution >= 0.6 is 0 Å². The number of hydrogen-bond acceptors (Lipinski definition) is 3. The predicted molar refractivity (Wildman–Crippen MR) is 57.8 cm³/mol. The number of carbonyl (C=O) groups excluding carboxylic acids is 1. The number of aromatic nitrogens is 1. The van der Waals surface area contributed by atoms with Gasteiger partial charge in [-0.3, -0.25) is 4.79 Å². The minimum atomic E-state index is -0.175. The van der Waals surface area contributed by atoms with Crippen molar-refractivity contribution in [2.24, 2.45) is 0 Å². The molecule has 1 aromatic rings. The first-order chi connectivity index (χ1) is 7.06. The Hall–Kier alpha value is -1.32. The van der Waals surface area contributed by atoms with Gasteiger partial charge in [0.2, 0.25) is 5.76 Å². The molecule has 1 heterocycles. The minimum Gasteiger partial charge on any atom is -0.438 e. The third-order valence-corrected chi connectivity index (χ3v) is 2.34. The van der Waals surface area contributed by atoms with E-state index in [1.54, 1.807) is 0 Å². The highest BCUT2D eigenvalue weighted by molar-refractivity contribution is 5.92. The van der Waals surface area contributed by atoms with Crippen molar-refractivity contribution in [3.63, 3.8) is 0 Å². The first-order valence-corrected chi connectivity index (χ1v) is 5.30. The number of carbonyl (C=O) groups is 1. The summed E-state index contributed by atoms with van der Waals surface area (Å²) in [5.74, 6) is 0.359. The molecule has 0 spiro atoms. The molecule has 1 aromatic heterocycles. The molecular weight excluding hydrogens is 192 g/mol. The molecule has 1 N–H and O–H groups in total. The lowest BCUT2D eigenvalue weighted by Crippen LogP contribution is -2.32. The molecule has 0 bridgehead atoms. The monoisotopic (exact) mass is 210 g/mol. The number of hydrogen-bond donors (Lipinski definition) is 1. The van der Waals surface area contributed by atoms with Crippen LogP contribution < -0.4 is 5.32 Å². The summed E-state index contributed by atoms with van der Waals surface area (Å²) in [5, 5.41) is 2.85. The Labute approximate surface area is 90.1 Å². The van der Waals surface area contributed by atoms with Gasteiger partial charge in [-0.15, -0.1) is 0 Å². The number of amides is 1. The first-order valence-electron chi connectivity index (χ1n) is 5.30. The number of nitrogens with zero attached hydrogens (tertiary/aromatic N) is 1. The summed E-state index contributed by atoms with van der Waals surface area (Å²) >= 11 is 0. The molecule has 1 rings (SSSR count). The smallest absolute Gasteiger partial charge is 0.289 e. The van der Waals surface area contributed by atoms with E-state index in [1.807, 2.05) is 27.7 Å². The van der Waals surface area contributed by atoms with Gasteiger partial charge in [0.25, 0.3) is 5.91 Å². The second-order valence-corrected chi connectivity index (χ2v) is 4.00. The Balaban J connectivity index is 2.77. The Kier molecular flexibility index (Phi) is 3.88. The Morgan fingerprint density at radius 1 is 1.53 bits per heavy atom. The van der Waals surface area contributed by atoms with Gasteiger partial charge < -0.3 is 9.73 Å². The second-order valence-electron chi connectivity index (χ2n) is 4.00. The van der Waals surface area contributed by atoms with Gasteiger partial charge in [-0.05, 0) is 19.3 Å². The molecule has 0 saturated carbocycles. The summed E-state index contributed by atoms with van der Waals surface area (Å²) in [4.78, 5) is 15.8. The molecule has 4 heteroatoms. The van der Waals surface area contributed by atoms with Gasteiger partial charge in [0.15, 0.2) is 6.39 Å². The van der Waals surface area contributed by atoms with Crippen molar-refractivity contribution in [1.29, 1.82) is 0 Å². The average molecular weight is 210 g/mol. The van der Waals surface area contributed by atoms with Crippen molar-refractivity contribution >= 4 is 5.91 Å². The van der Waals surface area contributed by atoms with Crippen molar-refractivity contribution in [2.45, 2.75) is 46.1 Å². The molecule has 0 fully saturated rings. The van der Waals surface area contributed by atoms with Crippen LogP contribution in [0.1, 0.15) is 56.3 Å². The summed E-state index contributed by atoms with van der Waals surface area (Å²) in [6.45, 7) is 7.95. The van der Waals surface area contributed by atoms with Gasteiger partial charge in [0, 0.05) is 6.04 Å². The summed E-state index contributed by atoms with van der Waals surface area (Å²) in [5.41, 5.74) is 0.718. The van der Waals surface area contributed by atoms with E-state index in [-0.39, 0.29) is 17.9 Å². The van der Waals surface area contributed by atoms with Crippen LogP contribution in [0.2, 0.25) is 0 Å². The van der Waals surface area contributed by atoms with Gasteiger partial charge in [0.05, 0.1) is 5.69 Å². The minimum absolute atomic E-state index is 0.155. The molecular formula is C11H18N2O2. The molecule has 1 amide bonds. The highest BCUT2D eigenvalue weighted by Crippen LogP contribution is 2.17. The molecule has 1 atom stereocenters. The van der Waals surface area contributed by atoms with Gasteiger partial charge >= 0.3 is 0 Å². The van der Waals surface area contributed by atoms with E-state index in [9.17, 15) is 4.79 Å². The molecule has 0 aliphatic rings. The summed E-state index contributed by atoms with van der Waals surface area (Å²) in [6.07, 6.45) is 2.22. The normalized spacial score (nSPS) is 12.9. The highest BCUT2D eigenvalue weighted by Gasteiger charge is 2.19. The first kappa shape index (κ1) is 11.8. The van der Waals surface area contributed by atoms with Crippen molar-refractivity contribution in [2.75, 3.05) is 0 Å². The van der Waals surface area contributed by atoms with Crippen molar-refractivity contribution in [3.05, 3.63) is 17.8 Å². The van der Waals surface area contributed by atoms with Crippen LogP contribution in [-0.2, 0) is 0 Å². The van der Waals surface area contributed by atoms with E-state index >= 15 is 0 Å². The molecule has 0 saturated heterocycles. The fourth-order valence-electron chi connectivity index (χ4n) is 1.23. The predicted octanol–water partition coefficient (Wildman–Crippen LogP) is 2.33. The number of nitrogens with one attached hydrogen (secondary N) is 1. The molecule has 0 aliphatic heterocycles. The van der Waals surface area contributed by atoms with Crippen LogP contribution in [0.5, 0.6) is 0 Å². The summed E-state index contributed by atoms with van der Waals surface area (Å²) in [6, 6.07) is 0.155. The second kappa shape index (κ2) is 4.96. The quantitative estimate of drug-likeness (QED) is 0.829. The standard InChI is InChI=1S/C11H18N2O2/c1-5-8(4)13-11(14)10-9(7(2)3)12-6-15-10/h6-8H,5H2,1-4H3,(H,13,14). The fourth-order valence-corrected chi connectivity index (χ4v) is 1.23. The highest BCUT2D eigenvalue weighted by atomic mass is 16.3. The van der Waals surface area contributed by atoms with E-state index in [1.165, 1.54) is 6.39 Å². The van der Waals surface area contributed by atoms with Crippen molar-refractivity contribution < 1.29 is 9.21 Å². The van der Waals surface area contributed by atoms with Crippen LogP contribution in [0, 0.1) is 0 Å². The lowest BCUT2D eigenvalue weighted by atomic mass is 10.1. The molecule has 84 valence electrons. The van der Waals surface area contributed by atoms with E-state index in [0.29, 0.717) is 5.76 Å². The Bertz CT molecular complexity index is 331. The van der Waals surface area contributed by atoms with Gasteiger partial charge in [0.1, 0.15) is 0 Å². The zero-order chi connectivity index (χ0) is 11.4. The number of oxazole rings is 1. The molecule has 1 unspecified atom stereocenters. The average Bonchev–Trinajstić information content (AvgIpc) is 2.65. The Morgan fingerprint density at radius 2 is 2.20 bits per heavy atom. The zero-order valence-corrected chi connectivity index (χ0v) is 9.70. The van der Waals surface area contributed by atoms with Gasteiger partial charge in [-0.2, -0.15) is 0 Å². The lowest BCUT2D eigenvalue weighted by Gasteiger charge is -2.10. The Morgan fingerprint density at radius 3 is 2.73 bits per heavy atom. The molecule has 0 radical (unpaired) electrons. The SMILES string of the molecule is CCC(C)NC(=O)c1ocnc1C(C)C. The molecule has 15 heavy (non-hydrogen) atoms. The summed E-state index contributed by atoms with van der Waals surface area (Å²) in [7, 11) is 0. The van der Waals surface area contributed by atoms with E-state index < -0.39 is 0 Å². The third kappa shape index (κ3) is 2.81. The van der Waals surface area contributed by atoms with E-state index in [0.717, 1.165) is 12.1 Å². The zero-order valence-electron chi connectivity index (χ0n) is 9.70.